The molecule has 0 radical (unpaired) electrons. The van der Waals surface area contributed by atoms with Crippen LogP contribution in [0.25, 0.3) is 0 Å². The quantitative estimate of drug-likeness (QED) is 0.840. The van der Waals surface area contributed by atoms with E-state index in [1.165, 1.54) is 37.7 Å². The summed E-state index contributed by atoms with van der Waals surface area (Å²) in [6, 6.07) is 4.20. The van der Waals surface area contributed by atoms with Crippen molar-refractivity contribution in [2.75, 3.05) is 6.54 Å². The van der Waals surface area contributed by atoms with Gasteiger partial charge >= 0.3 is 0 Å². The molecule has 16 heavy (non-hydrogen) atoms. The maximum atomic E-state index is 4.04. The van der Waals surface area contributed by atoms with Gasteiger partial charge in [0.05, 0.1) is 0 Å². The van der Waals surface area contributed by atoms with Gasteiger partial charge in [0, 0.05) is 17.9 Å². The largest absolute Gasteiger partial charge is 0.311 e. The van der Waals surface area contributed by atoms with Crippen LogP contribution in [0.15, 0.2) is 24.5 Å². The number of hydrogen-bond donors (Lipinski definition) is 1. The Balaban J connectivity index is 1.75. The van der Waals surface area contributed by atoms with Gasteiger partial charge in [-0.25, -0.2) is 0 Å². The molecule has 1 saturated carbocycles. The molecule has 88 valence electrons. The van der Waals surface area contributed by atoms with E-state index in [1.807, 2.05) is 12.4 Å². The summed E-state index contributed by atoms with van der Waals surface area (Å²) >= 11 is 0. The predicted molar refractivity (Wildman–Crippen MR) is 67.4 cm³/mol. The van der Waals surface area contributed by atoms with Crippen molar-refractivity contribution in [2.24, 2.45) is 0 Å². The lowest BCUT2D eigenvalue weighted by molar-refractivity contribution is 0.256. The summed E-state index contributed by atoms with van der Waals surface area (Å²) in [5.74, 6) is 0. The maximum absolute atomic E-state index is 4.04. The summed E-state index contributed by atoms with van der Waals surface area (Å²) in [6.07, 6.45) is 11.7. The van der Waals surface area contributed by atoms with E-state index < -0.39 is 0 Å². The van der Waals surface area contributed by atoms with Crippen LogP contribution in [0.5, 0.6) is 0 Å². The first-order valence-electron chi connectivity index (χ1n) is 6.42. The van der Waals surface area contributed by atoms with Crippen molar-refractivity contribution in [1.29, 1.82) is 0 Å². The number of pyridine rings is 1. The van der Waals surface area contributed by atoms with Gasteiger partial charge in [-0.1, -0.05) is 19.3 Å². The first-order valence-corrected chi connectivity index (χ1v) is 6.42. The minimum Gasteiger partial charge on any atom is -0.311 e. The Morgan fingerprint density at radius 1 is 1.19 bits per heavy atom. The first kappa shape index (κ1) is 11.6. The summed E-state index contributed by atoms with van der Waals surface area (Å²) < 4.78 is 0. The van der Waals surface area contributed by atoms with Gasteiger partial charge in [0.1, 0.15) is 0 Å². The fourth-order valence-corrected chi connectivity index (χ4v) is 2.57. The van der Waals surface area contributed by atoms with E-state index in [2.05, 4.69) is 29.4 Å². The summed E-state index contributed by atoms with van der Waals surface area (Å²) in [5, 5.41) is 3.73. The molecule has 1 aliphatic rings. The molecule has 0 amide bonds. The third-order valence-corrected chi connectivity index (χ3v) is 3.67. The zero-order chi connectivity index (χ0) is 11.3. The monoisotopic (exact) mass is 218 g/mol. The molecule has 1 fully saturated rings. The van der Waals surface area contributed by atoms with E-state index in [4.69, 9.17) is 0 Å². The van der Waals surface area contributed by atoms with Crippen LogP contribution in [-0.2, 0) is 6.42 Å². The normalized spacial score (nSPS) is 19.6. The van der Waals surface area contributed by atoms with Crippen molar-refractivity contribution in [3.05, 3.63) is 30.1 Å². The van der Waals surface area contributed by atoms with Crippen molar-refractivity contribution in [1.82, 2.24) is 10.3 Å². The Morgan fingerprint density at radius 2 is 1.88 bits per heavy atom. The molecule has 2 nitrogen and oxygen atoms in total. The second kappa shape index (κ2) is 5.44. The fourth-order valence-electron chi connectivity index (χ4n) is 2.57. The summed E-state index contributed by atoms with van der Waals surface area (Å²) in [6.45, 7) is 3.46. The van der Waals surface area contributed by atoms with Crippen molar-refractivity contribution in [3.8, 4) is 0 Å². The molecular weight excluding hydrogens is 196 g/mol. The van der Waals surface area contributed by atoms with Gasteiger partial charge in [-0.2, -0.15) is 0 Å². The first-order chi connectivity index (χ1) is 7.79. The smallest absolute Gasteiger partial charge is 0.0270 e. The molecule has 0 aliphatic heterocycles. The van der Waals surface area contributed by atoms with Gasteiger partial charge in [-0.3, -0.25) is 4.98 Å². The second-order valence-corrected chi connectivity index (χ2v) is 5.15. The predicted octanol–water partition coefficient (Wildman–Crippen LogP) is 2.94. The minimum absolute atomic E-state index is 0.394. The van der Waals surface area contributed by atoms with Crippen LogP contribution in [0.3, 0.4) is 0 Å². The molecule has 2 heteroatoms. The molecule has 0 spiro atoms. The van der Waals surface area contributed by atoms with Crippen molar-refractivity contribution < 1.29 is 0 Å². The molecule has 1 aliphatic carbocycles. The van der Waals surface area contributed by atoms with Crippen LogP contribution < -0.4 is 5.32 Å². The zero-order valence-electron chi connectivity index (χ0n) is 10.2. The van der Waals surface area contributed by atoms with E-state index in [1.54, 1.807) is 0 Å². The lowest BCUT2D eigenvalue weighted by atomic mass is 9.83. The average molecular weight is 218 g/mol. The molecular formula is C14H22N2. The number of aromatic nitrogens is 1. The van der Waals surface area contributed by atoms with Crippen LogP contribution in [0.2, 0.25) is 0 Å². The second-order valence-electron chi connectivity index (χ2n) is 5.15. The van der Waals surface area contributed by atoms with E-state index in [0.717, 1.165) is 13.0 Å². The number of rotatable bonds is 4. The molecule has 2 rings (SSSR count). The van der Waals surface area contributed by atoms with Gasteiger partial charge in [-0.15, -0.1) is 0 Å². The lowest BCUT2D eigenvalue weighted by Crippen LogP contribution is -2.44. The number of nitrogens with zero attached hydrogens (tertiary/aromatic N) is 1. The van der Waals surface area contributed by atoms with E-state index >= 15 is 0 Å². The van der Waals surface area contributed by atoms with E-state index in [0.29, 0.717) is 5.54 Å². The molecule has 1 aromatic heterocycles. The minimum atomic E-state index is 0.394. The van der Waals surface area contributed by atoms with Gasteiger partial charge in [0.15, 0.2) is 0 Å². The molecule has 1 aromatic rings. The molecule has 0 atom stereocenters. The highest BCUT2D eigenvalue weighted by Gasteiger charge is 2.25. The average Bonchev–Trinajstić information content (AvgIpc) is 2.31. The Labute approximate surface area is 98.5 Å². The summed E-state index contributed by atoms with van der Waals surface area (Å²) in [4.78, 5) is 4.04. The molecule has 0 unspecified atom stereocenters. The Kier molecular flexibility index (Phi) is 3.94. The van der Waals surface area contributed by atoms with E-state index in [-0.39, 0.29) is 0 Å². The van der Waals surface area contributed by atoms with Crippen LogP contribution in [0.4, 0.5) is 0 Å². The highest BCUT2D eigenvalue weighted by molar-refractivity contribution is 5.10. The van der Waals surface area contributed by atoms with Gasteiger partial charge in [0.2, 0.25) is 0 Å². The number of hydrogen-bond acceptors (Lipinski definition) is 2. The third kappa shape index (κ3) is 3.31. The highest BCUT2D eigenvalue weighted by atomic mass is 15.0. The standard InChI is InChI=1S/C14H22N2/c1-14(8-3-2-4-9-14)16-12-7-13-5-10-15-11-6-13/h5-6,10-11,16H,2-4,7-9,12H2,1H3. The van der Waals surface area contributed by atoms with Crippen LogP contribution >= 0.6 is 0 Å². The zero-order valence-corrected chi connectivity index (χ0v) is 10.2. The molecule has 1 heterocycles. The van der Waals surface area contributed by atoms with Crippen molar-refractivity contribution in [3.63, 3.8) is 0 Å². The Morgan fingerprint density at radius 3 is 2.56 bits per heavy atom. The molecule has 0 saturated heterocycles. The molecule has 0 bridgehead atoms. The topological polar surface area (TPSA) is 24.9 Å². The van der Waals surface area contributed by atoms with Gasteiger partial charge in [-0.05, 0) is 50.4 Å². The summed E-state index contributed by atoms with van der Waals surface area (Å²) in [5.41, 5.74) is 1.77. The Bertz CT molecular complexity index is 302. The van der Waals surface area contributed by atoms with Crippen molar-refractivity contribution >= 4 is 0 Å². The number of nitrogens with one attached hydrogen (secondary N) is 1. The van der Waals surface area contributed by atoms with Gasteiger partial charge in [0.25, 0.3) is 0 Å². The maximum Gasteiger partial charge on any atom is 0.0270 e. The molecule has 0 aromatic carbocycles. The molecule has 1 N–H and O–H groups in total. The van der Waals surface area contributed by atoms with Crippen molar-refractivity contribution in [2.45, 2.75) is 51.0 Å². The lowest BCUT2D eigenvalue weighted by Gasteiger charge is -2.34. The highest BCUT2D eigenvalue weighted by Crippen LogP contribution is 2.27. The van der Waals surface area contributed by atoms with Crippen LogP contribution in [-0.4, -0.2) is 17.1 Å². The van der Waals surface area contributed by atoms with Gasteiger partial charge < -0.3 is 5.32 Å². The van der Waals surface area contributed by atoms with Crippen LogP contribution in [0.1, 0.15) is 44.6 Å². The van der Waals surface area contributed by atoms with E-state index in [9.17, 15) is 0 Å². The summed E-state index contributed by atoms with van der Waals surface area (Å²) in [7, 11) is 0. The Hall–Kier alpha value is -0.890. The van der Waals surface area contributed by atoms with Crippen LogP contribution in [0, 0.1) is 0 Å². The third-order valence-electron chi connectivity index (χ3n) is 3.67. The SMILES string of the molecule is CC1(NCCc2ccncc2)CCCCC1. The fraction of sp³-hybridized carbons (Fsp3) is 0.643.